The summed E-state index contributed by atoms with van der Waals surface area (Å²) in [4.78, 5) is 11.7. The summed E-state index contributed by atoms with van der Waals surface area (Å²) >= 11 is 5.70. The molecule has 1 aromatic carbocycles. The van der Waals surface area contributed by atoms with Crippen molar-refractivity contribution in [2.24, 2.45) is 5.41 Å². The SMILES string of the molecule is CC1(C)C[C@H](c2ccc(Cl)cc2F)CC1=O. The van der Waals surface area contributed by atoms with E-state index in [2.05, 4.69) is 0 Å². The van der Waals surface area contributed by atoms with E-state index < -0.39 is 0 Å². The molecule has 0 saturated heterocycles. The van der Waals surface area contributed by atoms with Crippen LogP contribution in [0, 0.1) is 11.2 Å². The molecule has 1 atom stereocenters. The molecule has 1 fully saturated rings. The van der Waals surface area contributed by atoms with Crippen molar-refractivity contribution in [3.63, 3.8) is 0 Å². The largest absolute Gasteiger partial charge is 0.299 e. The van der Waals surface area contributed by atoms with Crippen LogP contribution in [0.25, 0.3) is 0 Å². The van der Waals surface area contributed by atoms with Crippen molar-refractivity contribution >= 4 is 17.4 Å². The van der Waals surface area contributed by atoms with E-state index in [0.29, 0.717) is 23.4 Å². The van der Waals surface area contributed by atoms with Crippen LogP contribution in [0.3, 0.4) is 0 Å². The smallest absolute Gasteiger partial charge is 0.139 e. The maximum Gasteiger partial charge on any atom is 0.139 e. The fraction of sp³-hybridized carbons (Fsp3) is 0.462. The van der Waals surface area contributed by atoms with E-state index in [9.17, 15) is 9.18 Å². The Labute approximate surface area is 99.6 Å². The highest BCUT2D eigenvalue weighted by atomic mass is 35.5. The molecule has 0 aromatic heterocycles. The quantitative estimate of drug-likeness (QED) is 0.726. The van der Waals surface area contributed by atoms with Gasteiger partial charge < -0.3 is 0 Å². The second kappa shape index (κ2) is 3.85. The van der Waals surface area contributed by atoms with E-state index in [1.165, 1.54) is 6.07 Å². The molecule has 0 amide bonds. The van der Waals surface area contributed by atoms with Gasteiger partial charge in [0.1, 0.15) is 11.6 Å². The van der Waals surface area contributed by atoms with Gasteiger partial charge in [0.25, 0.3) is 0 Å². The molecule has 0 bridgehead atoms. The predicted octanol–water partition coefficient (Wildman–Crippen LogP) is 3.95. The summed E-state index contributed by atoms with van der Waals surface area (Å²) in [6.07, 6.45) is 1.15. The third-order valence-electron chi connectivity index (χ3n) is 3.35. The number of halogens is 2. The monoisotopic (exact) mass is 240 g/mol. The Morgan fingerprint density at radius 1 is 1.44 bits per heavy atom. The van der Waals surface area contributed by atoms with Gasteiger partial charge in [-0.2, -0.15) is 0 Å². The third-order valence-corrected chi connectivity index (χ3v) is 3.58. The van der Waals surface area contributed by atoms with Crippen LogP contribution < -0.4 is 0 Å². The van der Waals surface area contributed by atoms with Crippen LogP contribution in [0.4, 0.5) is 4.39 Å². The summed E-state index contributed by atoms with van der Waals surface area (Å²) < 4.78 is 13.7. The van der Waals surface area contributed by atoms with Gasteiger partial charge in [0.2, 0.25) is 0 Å². The fourth-order valence-electron chi connectivity index (χ4n) is 2.35. The first kappa shape index (κ1) is 11.6. The zero-order valence-corrected chi connectivity index (χ0v) is 10.1. The van der Waals surface area contributed by atoms with Crippen molar-refractivity contribution in [3.8, 4) is 0 Å². The molecule has 2 rings (SSSR count). The lowest BCUT2D eigenvalue weighted by Crippen LogP contribution is -2.15. The van der Waals surface area contributed by atoms with Gasteiger partial charge in [0.15, 0.2) is 0 Å². The Balaban J connectivity index is 2.30. The lowest BCUT2D eigenvalue weighted by atomic mass is 9.88. The maximum atomic E-state index is 13.7. The number of benzene rings is 1. The minimum Gasteiger partial charge on any atom is -0.299 e. The highest BCUT2D eigenvalue weighted by Gasteiger charge is 2.40. The highest BCUT2D eigenvalue weighted by Crippen LogP contribution is 2.44. The molecule has 0 spiro atoms. The van der Waals surface area contributed by atoms with Crippen molar-refractivity contribution in [1.82, 2.24) is 0 Å². The van der Waals surface area contributed by atoms with Gasteiger partial charge in [-0.1, -0.05) is 31.5 Å². The van der Waals surface area contributed by atoms with Crippen LogP contribution in [0.5, 0.6) is 0 Å². The van der Waals surface area contributed by atoms with Crippen LogP contribution in [0.1, 0.15) is 38.2 Å². The average Bonchev–Trinajstić information content (AvgIpc) is 2.40. The molecule has 0 radical (unpaired) electrons. The van der Waals surface area contributed by atoms with Crippen LogP contribution in [-0.2, 0) is 4.79 Å². The second-order valence-corrected chi connectivity index (χ2v) is 5.51. The van der Waals surface area contributed by atoms with Gasteiger partial charge in [-0.05, 0) is 30.0 Å². The molecule has 1 aromatic rings. The molecule has 1 saturated carbocycles. The van der Waals surface area contributed by atoms with Gasteiger partial charge in [0.05, 0.1) is 0 Å². The number of hydrogen-bond acceptors (Lipinski definition) is 1. The summed E-state index contributed by atoms with van der Waals surface area (Å²) in [5.41, 5.74) is 0.292. The molecule has 0 unspecified atom stereocenters. The molecule has 0 N–H and O–H groups in total. The van der Waals surface area contributed by atoms with Crippen molar-refractivity contribution in [2.45, 2.75) is 32.6 Å². The van der Waals surface area contributed by atoms with Crippen LogP contribution in [0.15, 0.2) is 18.2 Å². The summed E-state index contributed by atoms with van der Waals surface area (Å²) in [5, 5.41) is 0.393. The number of hydrogen-bond donors (Lipinski definition) is 0. The number of Topliss-reactive ketones (excluding diaryl/α,β-unsaturated/α-hetero) is 1. The van der Waals surface area contributed by atoms with Gasteiger partial charge >= 0.3 is 0 Å². The van der Waals surface area contributed by atoms with E-state index in [-0.39, 0.29) is 22.9 Å². The molecule has 16 heavy (non-hydrogen) atoms. The summed E-state index contributed by atoms with van der Waals surface area (Å²) in [5.74, 6) is -0.0883. The van der Waals surface area contributed by atoms with E-state index in [4.69, 9.17) is 11.6 Å². The molecule has 0 aliphatic heterocycles. The summed E-state index contributed by atoms with van der Waals surface area (Å²) in [7, 11) is 0. The van der Waals surface area contributed by atoms with Gasteiger partial charge in [0, 0.05) is 16.9 Å². The Kier molecular flexibility index (Phi) is 2.79. The van der Waals surface area contributed by atoms with Crippen molar-refractivity contribution < 1.29 is 9.18 Å². The fourth-order valence-corrected chi connectivity index (χ4v) is 2.51. The zero-order chi connectivity index (χ0) is 11.9. The molecule has 86 valence electrons. The summed E-state index contributed by atoms with van der Waals surface area (Å²) in [6, 6.07) is 4.68. The number of carbonyl (C=O) groups excluding carboxylic acids is 1. The van der Waals surface area contributed by atoms with Gasteiger partial charge in [-0.15, -0.1) is 0 Å². The average molecular weight is 241 g/mol. The number of ketones is 1. The molecule has 1 nitrogen and oxygen atoms in total. The number of rotatable bonds is 1. The lowest BCUT2D eigenvalue weighted by molar-refractivity contribution is -0.124. The Hall–Kier alpha value is -0.890. The Bertz CT molecular complexity index is 440. The normalized spacial score (nSPS) is 23.8. The van der Waals surface area contributed by atoms with Gasteiger partial charge in [-0.3, -0.25) is 4.79 Å². The van der Waals surface area contributed by atoms with Crippen molar-refractivity contribution in [1.29, 1.82) is 0 Å². The van der Waals surface area contributed by atoms with E-state index in [1.54, 1.807) is 12.1 Å². The summed E-state index contributed by atoms with van der Waals surface area (Å²) in [6.45, 7) is 3.84. The number of carbonyl (C=O) groups is 1. The lowest BCUT2D eigenvalue weighted by Gasteiger charge is -2.16. The minimum absolute atomic E-state index is 0.000216. The van der Waals surface area contributed by atoms with Crippen LogP contribution >= 0.6 is 11.6 Å². The molecular weight excluding hydrogens is 227 g/mol. The molecule has 1 aliphatic rings. The van der Waals surface area contributed by atoms with Crippen LogP contribution in [-0.4, -0.2) is 5.78 Å². The molecule has 1 aliphatic carbocycles. The maximum absolute atomic E-state index is 13.7. The topological polar surface area (TPSA) is 17.1 Å². The first-order valence-electron chi connectivity index (χ1n) is 5.38. The molecule has 3 heteroatoms. The second-order valence-electron chi connectivity index (χ2n) is 5.08. The first-order valence-corrected chi connectivity index (χ1v) is 5.76. The minimum atomic E-state index is -0.323. The van der Waals surface area contributed by atoms with E-state index in [1.807, 2.05) is 13.8 Å². The zero-order valence-electron chi connectivity index (χ0n) is 9.39. The highest BCUT2D eigenvalue weighted by molar-refractivity contribution is 6.30. The van der Waals surface area contributed by atoms with E-state index >= 15 is 0 Å². The first-order chi connectivity index (χ1) is 7.40. The Morgan fingerprint density at radius 2 is 2.12 bits per heavy atom. The standard InChI is InChI=1S/C13H14ClFO/c1-13(2)7-8(5-12(13)16)10-4-3-9(14)6-11(10)15/h3-4,6,8H,5,7H2,1-2H3/t8-/m1/s1. The van der Waals surface area contributed by atoms with E-state index in [0.717, 1.165) is 0 Å². The molecular formula is C13H14ClFO. The van der Waals surface area contributed by atoms with Crippen LogP contribution in [0.2, 0.25) is 5.02 Å². The molecule has 0 heterocycles. The van der Waals surface area contributed by atoms with Crippen molar-refractivity contribution in [3.05, 3.63) is 34.6 Å². The Morgan fingerprint density at radius 3 is 2.62 bits per heavy atom. The predicted molar refractivity (Wildman–Crippen MR) is 62.2 cm³/mol. The van der Waals surface area contributed by atoms with Crippen molar-refractivity contribution in [2.75, 3.05) is 0 Å². The third kappa shape index (κ3) is 1.99. The van der Waals surface area contributed by atoms with Gasteiger partial charge in [-0.25, -0.2) is 4.39 Å².